The quantitative estimate of drug-likeness (QED) is 0.263. The minimum absolute atomic E-state index is 0.0748. The predicted octanol–water partition coefficient (Wildman–Crippen LogP) is 6.89. The Labute approximate surface area is 228 Å². The Bertz CT molecular complexity index is 1290. The van der Waals surface area contributed by atoms with E-state index in [9.17, 15) is 13.2 Å². The summed E-state index contributed by atoms with van der Waals surface area (Å²) in [5, 5.41) is -0.150. The van der Waals surface area contributed by atoms with Crippen LogP contribution in [0.15, 0.2) is 77.7 Å². The lowest BCUT2D eigenvalue weighted by molar-refractivity contribution is 0.0151. The molecular formula is C27H29Cl2NO6S. The van der Waals surface area contributed by atoms with E-state index in [2.05, 4.69) is 0 Å². The highest BCUT2D eigenvalue weighted by molar-refractivity contribution is 7.87. The first-order chi connectivity index (χ1) is 17.4. The minimum Gasteiger partial charge on any atom is -0.497 e. The van der Waals surface area contributed by atoms with Crippen molar-refractivity contribution in [1.29, 1.82) is 0 Å². The summed E-state index contributed by atoms with van der Waals surface area (Å²) in [6.45, 7) is 5.29. The van der Waals surface area contributed by atoms with Crippen LogP contribution in [0, 0.1) is 0 Å². The number of nitrogens with zero attached hydrogens (tertiary/aromatic N) is 1. The molecule has 198 valence electrons. The van der Waals surface area contributed by atoms with E-state index in [0.717, 1.165) is 5.56 Å². The molecule has 3 aromatic carbocycles. The van der Waals surface area contributed by atoms with Gasteiger partial charge in [-0.2, -0.15) is 8.42 Å². The third-order valence-electron chi connectivity index (χ3n) is 5.15. The van der Waals surface area contributed by atoms with Gasteiger partial charge in [0, 0.05) is 6.54 Å². The van der Waals surface area contributed by atoms with Crippen molar-refractivity contribution in [1.82, 2.24) is 4.90 Å². The van der Waals surface area contributed by atoms with Crippen molar-refractivity contribution >= 4 is 39.4 Å². The van der Waals surface area contributed by atoms with Crippen LogP contribution in [-0.2, 0) is 25.6 Å². The van der Waals surface area contributed by atoms with Crippen LogP contribution in [0.4, 0.5) is 4.79 Å². The molecule has 0 bridgehead atoms. The van der Waals surface area contributed by atoms with Crippen molar-refractivity contribution in [2.24, 2.45) is 0 Å². The van der Waals surface area contributed by atoms with Gasteiger partial charge >= 0.3 is 16.2 Å². The van der Waals surface area contributed by atoms with Crippen molar-refractivity contribution in [3.63, 3.8) is 0 Å². The molecular weight excluding hydrogens is 537 g/mol. The first-order valence-electron chi connectivity index (χ1n) is 11.4. The second-order valence-electron chi connectivity index (χ2n) is 9.21. The Morgan fingerprint density at radius 1 is 0.919 bits per heavy atom. The zero-order chi connectivity index (χ0) is 27.2. The van der Waals surface area contributed by atoms with E-state index in [0.29, 0.717) is 11.3 Å². The lowest BCUT2D eigenvalue weighted by atomic mass is 10.1. The average Bonchev–Trinajstić information content (AvgIpc) is 2.82. The van der Waals surface area contributed by atoms with Crippen LogP contribution in [0.25, 0.3) is 0 Å². The van der Waals surface area contributed by atoms with Crippen molar-refractivity contribution in [2.45, 2.75) is 43.9 Å². The first kappa shape index (κ1) is 28.8. The number of rotatable bonds is 9. The summed E-state index contributed by atoms with van der Waals surface area (Å²) in [6.07, 6.45) is -1.73. The highest BCUT2D eigenvalue weighted by atomic mass is 35.5. The van der Waals surface area contributed by atoms with Crippen molar-refractivity contribution in [3.05, 3.63) is 94.0 Å². The van der Waals surface area contributed by atoms with Crippen LogP contribution < -0.4 is 4.74 Å². The van der Waals surface area contributed by atoms with Crippen LogP contribution in [-0.4, -0.2) is 38.7 Å². The molecule has 3 rings (SSSR count). The molecule has 0 saturated heterocycles. The van der Waals surface area contributed by atoms with Crippen molar-refractivity contribution in [2.75, 3.05) is 13.7 Å². The third kappa shape index (κ3) is 8.10. The van der Waals surface area contributed by atoms with E-state index >= 15 is 0 Å². The molecule has 0 heterocycles. The molecule has 0 aliphatic rings. The highest BCUT2D eigenvalue weighted by Gasteiger charge is 2.32. The molecule has 0 N–H and O–H groups in total. The van der Waals surface area contributed by atoms with Crippen LogP contribution in [0.5, 0.6) is 5.75 Å². The number of methoxy groups -OCH3 is 1. The van der Waals surface area contributed by atoms with Crippen LogP contribution >= 0.6 is 23.2 Å². The van der Waals surface area contributed by atoms with E-state index in [1.165, 1.54) is 30.2 Å². The van der Waals surface area contributed by atoms with Gasteiger partial charge in [0.1, 0.15) is 22.4 Å². The van der Waals surface area contributed by atoms with Crippen LogP contribution in [0.3, 0.4) is 0 Å². The van der Waals surface area contributed by atoms with Gasteiger partial charge in [-0.3, -0.25) is 4.18 Å². The maximum atomic E-state index is 13.4. The van der Waals surface area contributed by atoms with Gasteiger partial charge in [0.25, 0.3) is 0 Å². The summed E-state index contributed by atoms with van der Waals surface area (Å²) in [7, 11) is -2.91. The molecule has 0 fully saturated rings. The van der Waals surface area contributed by atoms with E-state index in [1.807, 2.05) is 30.3 Å². The van der Waals surface area contributed by atoms with Gasteiger partial charge in [-0.15, -0.1) is 0 Å². The number of hydrogen-bond donors (Lipinski definition) is 0. The van der Waals surface area contributed by atoms with E-state index in [-0.39, 0.29) is 28.0 Å². The molecule has 37 heavy (non-hydrogen) atoms. The maximum absolute atomic E-state index is 13.4. The number of halogens is 2. The van der Waals surface area contributed by atoms with E-state index in [4.69, 9.17) is 36.9 Å². The van der Waals surface area contributed by atoms with Crippen LogP contribution in [0.2, 0.25) is 10.0 Å². The molecule has 10 heteroatoms. The second-order valence-corrected chi connectivity index (χ2v) is 11.5. The first-order valence-corrected chi connectivity index (χ1v) is 13.6. The fourth-order valence-corrected chi connectivity index (χ4v) is 5.62. The van der Waals surface area contributed by atoms with Gasteiger partial charge in [0.2, 0.25) is 0 Å². The average molecular weight is 567 g/mol. The molecule has 7 nitrogen and oxygen atoms in total. The Kier molecular flexibility index (Phi) is 9.47. The summed E-state index contributed by atoms with van der Waals surface area (Å²) in [4.78, 5) is 14.3. The number of ether oxygens (including phenoxy) is 2. The summed E-state index contributed by atoms with van der Waals surface area (Å²) in [5.74, 6) is 0.577. The Morgan fingerprint density at radius 3 is 2.05 bits per heavy atom. The predicted molar refractivity (Wildman–Crippen MR) is 144 cm³/mol. The number of benzene rings is 3. The smallest absolute Gasteiger partial charge is 0.410 e. The lowest BCUT2D eigenvalue weighted by Crippen LogP contribution is -2.39. The third-order valence-corrected chi connectivity index (χ3v) is 7.43. The fraction of sp³-hybridized carbons (Fsp3) is 0.296. The normalized spacial score (nSPS) is 12.6. The number of carbonyl (C=O) groups is 1. The SMILES string of the molecule is COc1ccc(C(CN(Cc2ccccc2)C(=O)OC(C)(C)C)OS(=O)(=O)c2c(Cl)cccc2Cl)cc1. The molecule has 0 aromatic heterocycles. The Balaban J connectivity index is 2.02. The molecule has 0 saturated carbocycles. The summed E-state index contributed by atoms with van der Waals surface area (Å²) in [6, 6.07) is 20.3. The number of carbonyl (C=O) groups excluding carboxylic acids is 1. The van der Waals surface area contributed by atoms with Gasteiger partial charge in [-0.05, 0) is 56.2 Å². The molecule has 0 radical (unpaired) electrons. The zero-order valence-corrected chi connectivity index (χ0v) is 23.3. The van der Waals surface area contributed by atoms with Gasteiger partial charge in [0.15, 0.2) is 0 Å². The largest absolute Gasteiger partial charge is 0.497 e. The molecule has 1 unspecified atom stereocenters. The molecule has 0 aliphatic carbocycles. The van der Waals surface area contributed by atoms with Gasteiger partial charge < -0.3 is 14.4 Å². The van der Waals surface area contributed by atoms with Gasteiger partial charge in [0.05, 0.1) is 23.7 Å². The monoisotopic (exact) mass is 565 g/mol. The number of hydrogen-bond acceptors (Lipinski definition) is 6. The number of amides is 1. The molecule has 1 atom stereocenters. The molecule has 3 aromatic rings. The fourth-order valence-electron chi connectivity index (χ4n) is 3.47. The summed E-state index contributed by atoms with van der Waals surface area (Å²) >= 11 is 12.3. The topological polar surface area (TPSA) is 82.1 Å². The molecule has 0 spiro atoms. The highest BCUT2D eigenvalue weighted by Crippen LogP contribution is 2.34. The maximum Gasteiger partial charge on any atom is 0.410 e. The van der Waals surface area contributed by atoms with E-state index < -0.39 is 27.9 Å². The van der Waals surface area contributed by atoms with Crippen molar-refractivity contribution in [3.8, 4) is 5.75 Å². The Morgan fingerprint density at radius 2 is 1.51 bits per heavy atom. The standard InChI is InChI=1S/C27H29Cl2NO6S/c1-27(2,3)35-26(31)30(17-19-9-6-5-7-10-19)18-24(20-13-15-21(34-4)16-14-20)36-37(32,33)25-22(28)11-8-12-23(25)29/h5-16,24H,17-18H2,1-4H3. The molecule has 1 amide bonds. The minimum atomic E-state index is -4.44. The second kappa shape index (κ2) is 12.2. The van der Waals surface area contributed by atoms with Crippen molar-refractivity contribution < 1.29 is 26.9 Å². The van der Waals surface area contributed by atoms with E-state index in [1.54, 1.807) is 45.0 Å². The summed E-state index contributed by atoms with van der Waals surface area (Å²) < 4.78 is 43.3. The zero-order valence-electron chi connectivity index (χ0n) is 21.0. The Hall–Kier alpha value is -2.78. The van der Waals surface area contributed by atoms with Crippen LogP contribution in [0.1, 0.15) is 38.0 Å². The summed E-state index contributed by atoms with van der Waals surface area (Å²) in [5.41, 5.74) is 0.563. The molecule has 0 aliphatic heterocycles. The lowest BCUT2D eigenvalue weighted by Gasteiger charge is -2.30. The van der Waals surface area contributed by atoms with Gasteiger partial charge in [-0.25, -0.2) is 4.79 Å². The van der Waals surface area contributed by atoms with Gasteiger partial charge in [-0.1, -0.05) is 71.7 Å².